The summed E-state index contributed by atoms with van der Waals surface area (Å²) in [5.74, 6) is 0.449. The highest BCUT2D eigenvalue weighted by Crippen LogP contribution is 2.23. The van der Waals surface area contributed by atoms with Gasteiger partial charge in [0.1, 0.15) is 0 Å². The minimum Gasteiger partial charge on any atom is -0.381 e. The predicted octanol–water partition coefficient (Wildman–Crippen LogP) is 2.87. The van der Waals surface area contributed by atoms with E-state index in [9.17, 15) is 0 Å². The number of nitrogens with two attached hydrogens (primary N) is 1. The molecule has 1 heterocycles. The molecule has 0 radical (unpaired) electrons. The molecule has 3 nitrogen and oxygen atoms in total. The number of hydrogen-bond acceptors (Lipinski definition) is 2. The SMILES string of the molecule is Nc1nn(-c2ccccc2Cl)cc1Br. The van der Waals surface area contributed by atoms with E-state index < -0.39 is 0 Å². The second kappa shape index (κ2) is 3.63. The van der Waals surface area contributed by atoms with Gasteiger partial charge in [-0.3, -0.25) is 0 Å². The molecule has 2 N–H and O–H groups in total. The Balaban J connectivity index is 2.55. The van der Waals surface area contributed by atoms with Gasteiger partial charge in [0.25, 0.3) is 0 Å². The summed E-state index contributed by atoms with van der Waals surface area (Å²) in [6.07, 6.45) is 1.77. The highest BCUT2D eigenvalue weighted by atomic mass is 79.9. The van der Waals surface area contributed by atoms with Crippen molar-refractivity contribution in [2.75, 3.05) is 5.73 Å². The standard InChI is InChI=1S/C9H7BrClN3/c10-6-5-14(13-9(6)12)8-4-2-1-3-7(8)11/h1-5H,(H2,12,13). The molecule has 0 fully saturated rings. The van der Waals surface area contributed by atoms with Gasteiger partial charge in [-0.15, -0.1) is 5.10 Å². The van der Waals surface area contributed by atoms with Gasteiger partial charge >= 0.3 is 0 Å². The smallest absolute Gasteiger partial charge is 0.160 e. The molecule has 0 saturated carbocycles. The Kier molecular flexibility index (Phi) is 2.48. The molecule has 72 valence electrons. The number of rotatable bonds is 1. The van der Waals surface area contributed by atoms with E-state index in [-0.39, 0.29) is 0 Å². The number of para-hydroxylation sites is 1. The van der Waals surface area contributed by atoms with Gasteiger partial charge in [-0.25, -0.2) is 4.68 Å². The second-order valence-electron chi connectivity index (χ2n) is 2.76. The van der Waals surface area contributed by atoms with Gasteiger partial charge in [0, 0.05) is 6.20 Å². The van der Waals surface area contributed by atoms with Gasteiger partial charge in [0.15, 0.2) is 5.82 Å². The van der Waals surface area contributed by atoms with Crippen LogP contribution in [0.5, 0.6) is 0 Å². The molecule has 0 aliphatic rings. The number of nitrogen functional groups attached to an aromatic ring is 1. The molecule has 1 aromatic carbocycles. The second-order valence-corrected chi connectivity index (χ2v) is 4.02. The van der Waals surface area contributed by atoms with Crippen LogP contribution in [0.25, 0.3) is 5.69 Å². The summed E-state index contributed by atoms with van der Waals surface area (Å²) in [7, 11) is 0. The molecule has 5 heteroatoms. The first-order valence-corrected chi connectivity index (χ1v) is 5.11. The number of hydrogen-bond donors (Lipinski definition) is 1. The highest BCUT2D eigenvalue weighted by Gasteiger charge is 2.06. The molecule has 0 spiro atoms. The number of halogens is 2. The van der Waals surface area contributed by atoms with Crippen LogP contribution < -0.4 is 5.73 Å². The number of benzene rings is 1. The van der Waals surface area contributed by atoms with Crippen LogP contribution in [0.2, 0.25) is 5.02 Å². The number of nitrogens with zero attached hydrogens (tertiary/aromatic N) is 2. The molecule has 0 aliphatic carbocycles. The summed E-state index contributed by atoms with van der Waals surface area (Å²) in [5, 5.41) is 4.75. The Hall–Kier alpha value is -1.000. The van der Waals surface area contributed by atoms with Crippen molar-refractivity contribution in [1.29, 1.82) is 0 Å². The molecule has 2 aromatic rings. The van der Waals surface area contributed by atoms with Crippen LogP contribution in [0.3, 0.4) is 0 Å². The Morgan fingerprint density at radius 2 is 2.07 bits per heavy atom. The summed E-state index contributed by atoms with van der Waals surface area (Å²) in [5.41, 5.74) is 6.42. The largest absolute Gasteiger partial charge is 0.381 e. The Morgan fingerprint density at radius 1 is 1.36 bits per heavy atom. The van der Waals surface area contributed by atoms with Gasteiger partial charge in [-0.2, -0.15) is 0 Å². The minimum atomic E-state index is 0.449. The van der Waals surface area contributed by atoms with E-state index >= 15 is 0 Å². The molecule has 0 unspecified atom stereocenters. The molecular weight excluding hydrogens is 265 g/mol. The van der Waals surface area contributed by atoms with Crippen LogP contribution in [0, 0.1) is 0 Å². The summed E-state index contributed by atoms with van der Waals surface area (Å²) < 4.78 is 2.40. The summed E-state index contributed by atoms with van der Waals surface area (Å²) in [6, 6.07) is 7.45. The fourth-order valence-corrected chi connectivity index (χ4v) is 1.62. The average molecular weight is 273 g/mol. The number of anilines is 1. The third-order valence-electron chi connectivity index (χ3n) is 1.80. The van der Waals surface area contributed by atoms with E-state index in [4.69, 9.17) is 17.3 Å². The monoisotopic (exact) mass is 271 g/mol. The maximum atomic E-state index is 6.00. The van der Waals surface area contributed by atoms with Crippen molar-refractivity contribution in [1.82, 2.24) is 9.78 Å². The fraction of sp³-hybridized carbons (Fsp3) is 0. The van der Waals surface area contributed by atoms with Crippen molar-refractivity contribution in [3.8, 4) is 5.69 Å². The predicted molar refractivity (Wildman–Crippen MR) is 60.7 cm³/mol. The minimum absolute atomic E-state index is 0.449. The topological polar surface area (TPSA) is 43.8 Å². The van der Waals surface area contributed by atoms with Crippen LogP contribution in [-0.2, 0) is 0 Å². The van der Waals surface area contributed by atoms with E-state index in [2.05, 4.69) is 21.0 Å². The first-order valence-electron chi connectivity index (χ1n) is 3.94. The van der Waals surface area contributed by atoms with E-state index in [1.165, 1.54) is 0 Å². The average Bonchev–Trinajstić information content (AvgIpc) is 2.48. The van der Waals surface area contributed by atoms with Crippen molar-refractivity contribution in [2.24, 2.45) is 0 Å². The maximum absolute atomic E-state index is 6.00. The zero-order chi connectivity index (χ0) is 10.1. The Labute approximate surface area is 94.6 Å². The van der Waals surface area contributed by atoms with Gasteiger partial charge < -0.3 is 5.73 Å². The van der Waals surface area contributed by atoms with Gasteiger partial charge in [0.2, 0.25) is 0 Å². The quantitative estimate of drug-likeness (QED) is 0.867. The van der Waals surface area contributed by atoms with E-state index in [0.29, 0.717) is 10.8 Å². The van der Waals surface area contributed by atoms with Gasteiger partial charge in [0.05, 0.1) is 15.2 Å². The van der Waals surface area contributed by atoms with Crippen LogP contribution in [0.1, 0.15) is 0 Å². The van der Waals surface area contributed by atoms with Crippen molar-refractivity contribution >= 4 is 33.3 Å². The van der Waals surface area contributed by atoms with Crippen molar-refractivity contribution < 1.29 is 0 Å². The first kappa shape index (κ1) is 9.55. The fourth-order valence-electron chi connectivity index (χ4n) is 1.13. The van der Waals surface area contributed by atoms with Crippen molar-refractivity contribution in [2.45, 2.75) is 0 Å². The van der Waals surface area contributed by atoms with Crippen LogP contribution in [-0.4, -0.2) is 9.78 Å². The first-order chi connectivity index (χ1) is 6.68. The Morgan fingerprint density at radius 3 is 2.64 bits per heavy atom. The maximum Gasteiger partial charge on any atom is 0.160 e. The van der Waals surface area contributed by atoms with Crippen molar-refractivity contribution in [3.63, 3.8) is 0 Å². The lowest BCUT2D eigenvalue weighted by Crippen LogP contribution is -1.96. The normalized spacial score (nSPS) is 10.4. The molecule has 0 saturated heterocycles. The molecule has 0 amide bonds. The molecule has 14 heavy (non-hydrogen) atoms. The van der Waals surface area contributed by atoms with Gasteiger partial charge in [-0.1, -0.05) is 23.7 Å². The highest BCUT2D eigenvalue weighted by molar-refractivity contribution is 9.10. The molecule has 0 aliphatic heterocycles. The summed E-state index contributed by atoms with van der Waals surface area (Å²) in [6.45, 7) is 0. The lowest BCUT2D eigenvalue weighted by atomic mass is 10.3. The lowest BCUT2D eigenvalue weighted by molar-refractivity contribution is 0.886. The summed E-state index contributed by atoms with van der Waals surface area (Å²) in [4.78, 5) is 0. The Bertz CT molecular complexity index is 447. The van der Waals surface area contributed by atoms with Gasteiger partial charge in [-0.05, 0) is 28.1 Å². The zero-order valence-corrected chi connectivity index (χ0v) is 9.46. The molecule has 1 aromatic heterocycles. The van der Waals surface area contributed by atoms with Crippen LogP contribution in [0.4, 0.5) is 5.82 Å². The third kappa shape index (κ3) is 1.63. The third-order valence-corrected chi connectivity index (χ3v) is 2.73. The number of aromatic nitrogens is 2. The molecule has 0 bridgehead atoms. The van der Waals surface area contributed by atoms with E-state index in [1.54, 1.807) is 10.9 Å². The van der Waals surface area contributed by atoms with E-state index in [0.717, 1.165) is 10.2 Å². The zero-order valence-electron chi connectivity index (χ0n) is 7.11. The molecule has 2 rings (SSSR count). The van der Waals surface area contributed by atoms with Crippen molar-refractivity contribution in [3.05, 3.63) is 40.0 Å². The van der Waals surface area contributed by atoms with E-state index in [1.807, 2.05) is 24.3 Å². The van der Waals surface area contributed by atoms with Crippen LogP contribution in [0.15, 0.2) is 34.9 Å². The lowest BCUT2D eigenvalue weighted by Gasteiger charge is -2.02. The molecule has 0 atom stereocenters. The molecular formula is C9H7BrClN3. The van der Waals surface area contributed by atoms with Crippen LogP contribution >= 0.6 is 27.5 Å². The summed E-state index contributed by atoms with van der Waals surface area (Å²) >= 11 is 9.29.